The maximum absolute atomic E-state index is 6.25. The van der Waals surface area contributed by atoms with E-state index >= 15 is 0 Å². The summed E-state index contributed by atoms with van der Waals surface area (Å²) >= 11 is 0. The van der Waals surface area contributed by atoms with Gasteiger partial charge in [-0.2, -0.15) is 0 Å². The van der Waals surface area contributed by atoms with Crippen LogP contribution in [0.25, 0.3) is 10.9 Å². The number of H-pyrrole nitrogens is 1. The quantitative estimate of drug-likeness (QED) is 0.785. The zero-order valence-corrected chi connectivity index (χ0v) is 8.74. The summed E-state index contributed by atoms with van der Waals surface area (Å²) < 4.78 is 0. The van der Waals surface area contributed by atoms with Crippen LogP contribution in [-0.4, -0.2) is 4.98 Å². The average molecular weight is 200 g/mol. The molecule has 0 bridgehead atoms. The topological polar surface area (TPSA) is 41.8 Å². The molecule has 0 aliphatic heterocycles. The van der Waals surface area contributed by atoms with E-state index in [2.05, 4.69) is 29.2 Å². The van der Waals surface area contributed by atoms with E-state index < -0.39 is 0 Å². The Morgan fingerprint density at radius 1 is 1.33 bits per heavy atom. The molecule has 78 valence electrons. The van der Waals surface area contributed by atoms with Crippen molar-refractivity contribution in [3.63, 3.8) is 0 Å². The second kappa shape index (κ2) is 3.38. The number of hydrogen-bond donors (Lipinski definition) is 2. The Kier molecular flexibility index (Phi) is 2.03. The standard InChI is InChI=1S/C13H16N2/c14-12(8-9-4-5-9)10-2-1-3-13-11(10)6-7-15-13/h1-3,6-7,9,12,15H,4-5,8,14H2/t12-/m0/s1. The van der Waals surface area contributed by atoms with Crippen molar-refractivity contribution in [2.45, 2.75) is 25.3 Å². The predicted molar refractivity (Wildman–Crippen MR) is 62.6 cm³/mol. The molecule has 0 amide bonds. The van der Waals surface area contributed by atoms with Crippen LogP contribution in [0.4, 0.5) is 0 Å². The first-order valence-electron chi connectivity index (χ1n) is 5.66. The smallest absolute Gasteiger partial charge is 0.0457 e. The molecule has 2 heteroatoms. The first kappa shape index (κ1) is 8.98. The molecule has 15 heavy (non-hydrogen) atoms. The Bertz CT molecular complexity index is 468. The van der Waals surface area contributed by atoms with Crippen molar-refractivity contribution in [2.24, 2.45) is 11.7 Å². The predicted octanol–water partition coefficient (Wildman–Crippen LogP) is 2.97. The highest BCUT2D eigenvalue weighted by Gasteiger charge is 2.25. The molecule has 0 radical (unpaired) electrons. The molecule has 1 fully saturated rings. The number of rotatable bonds is 3. The number of aromatic nitrogens is 1. The highest BCUT2D eigenvalue weighted by molar-refractivity contribution is 5.83. The summed E-state index contributed by atoms with van der Waals surface area (Å²) in [5.74, 6) is 0.884. The molecule has 2 aromatic rings. The summed E-state index contributed by atoms with van der Waals surface area (Å²) in [5, 5.41) is 1.28. The minimum atomic E-state index is 0.206. The van der Waals surface area contributed by atoms with Gasteiger partial charge in [0.15, 0.2) is 0 Å². The van der Waals surface area contributed by atoms with E-state index in [1.165, 1.54) is 29.3 Å². The second-order valence-corrected chi connectivity index (χ2v) is 4.57. The molecule has 2 nitrogen and oxygen atoms in total. The molecule has 3 rings (SSSR count). The lowest BCUT2D eigenvalue weighted by atomic mass is 9.99. The number of fused-ring (bicyclic) bond motifs is 1. The number of hydrogen-bond acceptors (Lipinski definition) is 1. The lowest BCUT2D eigenvalue weighted by Gasteiger charge is -2.12. The summed E-state index contributed by atoms with van der Waals surface area (Å²) in [6.07, 6.45) is 5.87. The molecule has 3 N–H and O–H groups in total. The molecule has 0 saturated heterocycles. The fraction of sp³-hybridized carbons (Fsp3) is 0.385. The summed E-state index contributed by atoms with van der Waals surface area (Å²) in [6, 6.07) is 8.67. The summed E-state index contributed by atoms with van der Waals surface area (Å²) in [6.45, 7) is 0. The van der Waals surface area contributed by atoms with E-state index in [-0.39, 0.29) is 6.04 Å². The van der Waals surface area contributed by atoms with Crippen LogP contribution >= 0.6 is 0 Å². The number of aromatic amines is 1. The maximum atomic E-state index is 6.25. The van der Waals surface area contributed by atoms with Crippen LogP contribution in [0, 0.1) is 5.92 Å². The molecule has 1 aromatic heterocycles. The number of nitrogens with two attached hydrogens (primary N) is 1. The third kappa shape index (κ3) is 1.65. The van der Waals surface area contributed by atoms with Crippen molar-refractivity contribution >= 4 is 10.9 Å². The third-order valence-electron chi connectivity index (χ3n) is 3.31. The van der Waals surface area contributed by atoms with Gasteiger partial charge in [0.25, 0.3) is 0 Å². The van der Waals surface area contributed by atoms with Gasteiger partial charge in [0.05, 0.1) is 0 Å². The van der Waals surface area contributed by atoms with E-state index in [0.717, 1.165) is 12.3 Å². The molecular weight excluding hydrogens is 184 g/mol. The molecule has 1 aliphatic rings. The van der Waals surface area contributed by atoms with E-state index in [9.17, 15) is 0 Å². The van der Waals surface area contributed by atoms with Gasteiger partial charge in [-0.15, -0.1) is 0 Å². The Morgan fingerprint density at radius 3 is 3.00 bits per heavy atom. The number of nitrogens with one attached hydrogen (secondary N) is 1. The highest BCUT2D eigenvalue weighted by Crippen LogP contribution is 2.37. The van der Waals surface area contributed by atoms with Gasteiger partial charge in [0.1, 0.15) is 0 Å². The van der Waals surface area contributed by atoms with Crippen molar-refractivity contribution in [1.29, 1.82) is 0 Å². The van der Waals surface area contributed by atoms with Gasteiger partial charge in [-0.05, 0) is 30.0 Å². The Balaban J connectivity index is 1.97. The molecule has 1 atom stereocenters. The van der Waals surface area contributed by atoms with E-state index in [4.69, 9.17) is 5.73 Å². The highest BCUT2D eigenvalue weighted by atomic mass is 14.7. The largest absolute Gasteiger partial charge is 0.361 e. The minimum Gasteiger partial charge on any atom is -0.361 e. The lowest BCUT2D eigenvalue weighted by molar-refractivity contribution is 0.600. The van der Waals surface area contributed by atoms with Crippen LogP contribution in [-0.2, 0) is 0 Å². The lowest BCUT2D eigenvalue weighted by Crippen LogP contribution is -2.11. The van der Waals surface area contributed by atoms with Crippen LogP contribution in [0.15, 0.2) is 30.5 Å². The summed E-state index contributed by atoms with van der Waals surface area (Å²) in [7, 11) is 0. The molecule has 1 aromatic carbocycles. The molecular formula is C13H16N2. The third-order valence-corrected chi connectivity index (χ3v) is 3.31. The Hall–Kier alpha value is -1.28. The van der Waals surface area contributed by atoms with Gasteiger partial charge in [-0.3, -0.25) is 0 Å². The normalized spacial score (nSPS) is 18.2. The zero-order valence-electron chi connectivity index (χ0n) is 8.74. The van der Waals surface area contributed by atoms with Gasteiger partial charge in [0.2, 0.25) is 0 Å². The van der Waals surface area contributed by atoms with Gasteiger partial charge in [0, 0.05) is 23.1 Å². The van der Waals surface area contributed by atoms with Crippen molar-refractivity contribution in [1.82, 2.24) is 4.98 Å². The van der Waals surface area contributed by atoms with Gasteiger partial charge in [-0.1, -0.05) is 25.0 Å². The Morgan fingerprint density at radius 2 is 2.20 bits per heavy atom. The minimum absolute atomic E-state index is 0.206. The van der Waals surface area contributed by atoms with E-state index in [1.807, 2.05) is 6.20 Å². The van der Waals surface area contributed by atoms with Crippen LogP contribution in [0.3, 0.4) is 0 Å². The monoisotopic (exact) mass is 200 g/mol. The van der Waals surface area contributed by atoms with Gasteiger partial charge >= 0.3 is 0 Å². The average Bonchev–Trinajstić information content (AvgIpc) is 2.93. The maximum Gasteiger partial charge on any atom is 0.0457 e. The zero-order chi connectivity index (χ0) is 10.3. The fourth-order valence-corrected chi connectivity index (χ4v) is 2.27. The van der Waals surface area contributed by atoms with Crippen molar-refractivity contribution in [3.8, 4) is 0 Å². The summed E-state index contributed by atoms with van der Waals surface area (Å²) in [5.41, 5.74) is 8.73. The van der Waals surface area contributed by atoms with Crippen molar-refractivity contribution in [2.75, 3.05) is 0 Å². The van der Waals surface area contributed by atoms with Crippen molar-refractivity contribution in [3.05, 3.63) is 36.0 Å². The second-order valence-electron chi connectivity index (χ2n) is 4.57. The van der Waals surface area contributed by atoms with Crippen LogP contribution < -0.4 is 5.73 Å². The van der Waals surface area contributed by atoms with E-state index in [1.54, 1.807) is 0 Å². The first-order valence-corrected chi connectivity index (χ1v) is 5.66. The summed E-state index contributed by atoms with van der Waals surface area (Å²) in [4.78, 5) is 3.23. The molecule has 0 unspecified atom stereocenters. The fourth-order valence-electron chi connectivity index (χ4n) is 2.27. The van der Waals surface area contributed by atoms with Crippen molar-refractivity contribution < 1.29 is 0 Å². The van der Waals surface area contributed by atoms with Gasteiger partial charge < -0.3 is 10.7 Å². The molecule has 1 saturated carbocycles. The van der Waals surface area contributed by atoms with Gasteiger partial charge in [-0.25, -0.2) is 0 Å². The Labute approximate surface area is 89.5 Å². The number of benzene rings is 1. The SMILES string of the molecule is N[C@@H](CC1CC1)c1cccc2[nH]ccc12. The first-order chi connectivity index (χ1) is 7.34. The van der Waals surface area contributed by atoms with Crippen LogP contribution in [0.5, 0.6) is 0 Å². The van der Waals surface area contributed by atoms with Crippen LogP contribution in [0.1, 0.15) is 30.9 Å². The molecule has 1 aliphatic carbocycles. The molecule has 0 spiro atoms. The van der Waals surface area contributed by atoms with E-state index in [0.29, 0.717) is 0 Å². The molecule has 1 heterocycles. The van der Waals surface area contributed by atoms with Crippen LogP contribution in [0.2, 0.25) is 0 Å².